The second-order valence-electron chi connectivity index (χ2n) is 8.65. The van der Waals surface area contributed by atoms with Crippen LogP contribution in [0.1, 0.15) is 58.8 Å². The molecule has 2 N–H and O–H groups in total. The van der Waals surface area contributed by atoms with Crippen molar-refractivity contribution in [3.8, 4) is 0 Å². The molecule has 0 amide bonds. The minimum absolute atomic E-state index is 0.109. The molecule has 0 aliphatic heterocycles. The zero-order chi connectivity index (χ0) is 15.7. The number of ketones is 1. The number of carbonyl (C=O) groups is 1. The average molecular weight is 304 g/mol. The molecule has 122 valence electrons. The van der Waals surface area contributed by atoms with E-state index in [4.69, 9.17) is 0 Å². The number of Topliss-reactive ketones (excluding diaryl/α,β-unsaturated/α-hetero) is 1. The smallest absolute Gasteiger partial charge is 0.139 e. The molecule has 4 rings (SSSR count). The minimum atomic E-state index is -0.447. The van der Waals surface area contributed by atoms with E-state index in [1.807, 2.05) is 0 Å². The van der Waals surface area contributed by atoms with Gasteiger partial charge in [0.2, 0.25) is 0 Å². The van der Waals surface area contributed by atoms with Gasteiger partial charge in [-0.25, -0.2) is 0 Å². The lowest BCUT2D eigenvalue weighted by atomic mass is 9.47. The zero-order valence-electron chi connectivity index (χ0n) is 13.7. The Balaban J connectivity index is 1.72. The summed E-state index contributed by atoms with van der Waals surface area (Å²) >= 11 is 0. The maximum absolute atomic E-state index is 12.4. The number of allylic oxidation sites excluding steroid dienone is 1. The van der Waals surface area contributed by atoms with Gasteiger partial charge in [0.1, 0.15) is 5.78 Å². The van der Waals surface area contributed by atoms with Crippen LogP contribution < -0.4 is 0 Å². The van der Waals surface area contributed by atoms with Gasteiger partial charge in [0, 0.05) is 23.7 Å². The molecule has 0 heterocycles. The van der Waals surface area contributed by atoms with Gasteiger partial charge in [-0.2, -0.15) is 0 Å². The van der Waals surface area contributed by atoms with Gasteiger partial charge in [-0.15, -0.1) is 0 Å². The van der Waals surface area contributed by atoms with E-state index in [9.17, 15) is 15.0 Å². The van der Waals surface area contributed by atoms with Crippen LogP contribution in [0, 0.1) is 28.6 Å². The first-order valence-electron chi connectivity index (χ1n) is 8.96. The predicted molar refractivity (Wildman–Crippen MR) is 84.1 cm³/mol. The van der Waals surface area contributed by atoms with Crippen molar-refractivity contribution in [3.05, 3.63) is 11.6 Å². The summed E-state index contributed by atoms with van der Waals surface area (Å²) in [6, 6.07) is 0. The van der Waals surface area contributed by atoms with E-state index in [1.54, 1.807) is 0 Å². The van der Waals surface area contributed by atoms with E-state index in [0.717, 1.165) is 38.5 Å². The fourth-order valence-corrected chi connectivity index (χ4v) is 6.47. The van der Waals surface area contributed by atoms with Crippen LogP contribution in [0.5, 0.6) is 0 Å². The van der Waals surface area contributed by atoms with Crippen molar-refractivity contribution in [1.29, 1.82) is 0 Å². The average Bonchev–Trinajstić information content (AvgIpc) is 2.77. The van der Waals surface area contributed by atoms with E-state index in [-0.39, 0.29) is 10.8 Å². The molecule has 0 aromatic rings. The van der Waals surface area contributed by atoms with Crippen molar-refractivity contribution in [2.75, 3.05) is 0 Å². The summed E-state index contributed by atoms with van der Waals surface area (Å²) in [5.74, 6) is 1.96. The van der Waals surface area contributed by atoms with Crippen LogP contribution in [-0.2, 0) is 4.79 Å². The minimum Gasteiger partial charge on any atom is -0.393 e. The van der Waals surface area contributed by atoms with Crippen molar-refractivity contribution >= 4 is 5.78 Å². The molecule has 3 nitrogen and oxygen atoms in total. The summed E-state index contributed by atoms with van der Waals surface area (Å²) in [4.78, 5) is 12.4. The quantitative estimate of drug-likeness (QED) is 0.677. The van der Waals surface area contributed by atoms with Crippen LogP contribution >= 0.6 is 0 Å². The van der Waals surface area contributed by atoms with Gasteiger partial charge in [0.25, 0.3) is 0 Å². The molecule has 0 radical (unpaired) electrons. The Labute approximate surface area is 132 Å². The number of rotatable bonds is 0. The Morgan fingerprint density at radius 2 is 1.95 bits per heavy atom. The lowest BCUT2D eigenvalue weighted by molar-refractivity contribution is -0.135. The molecule has 3 unspecified atom stereocenters. The van der Waals surface area contributed by atoms with E-state index in [0.29, 0.717) is 30.0 Å². The van der Waals surface area contributed by atoms with Gasteiger partial charge in [-0.05, 0) is 49.9 Å². The monoisotopic (exact) mass is 304 g/mol. The Hall–Kier alpha value is -0.670. The molecule has 4 aliphatic carbocycles. The second kappa shape index (κ2) is 4.67. The summed E-state index contributed by atoms with van der Waals surface area (Å²) in [6.45, 7) is 4.40. The SMILES string of the molecule is C[C@]12C(=CCC3C1CC[C@]1(C)C(=O)CCC31)C[C@@H](O)C[C@@H]2O. The fourth-order valence-electron chi connectivity index (χ4n) is 6.47. The third-order valence-corrected chi connectivity index (χ3v) is 7.89. The van der Waals surface area contributed by atoms with E-state index in [2.05, 4.69) is 19.9 Å². The molecule has 7 atom stereocenters. The first kappa shape index (κ1) is 14.9. The molecular formula is C19H28O3. The Kier molecular flexibility index (Phi) is 3.16. The summed E-state index contributed by atoms with van der Waals surface area (Å²) in [7, 11) is 0. The van der Waals surface area contributed by atoms with E-state index >= 15 is 0 Å². The largest absolute Gasteiger partial charge is 0.393 e. The van der Waals surface area contributed by atoms with Gasteiger partial charge >= 0.3 is 0 Å². The van der Waals surface area contributed by atoms with Crippen LogP contribution in [0.4, 0.5) is 0 Å². The molecule has 0 aromatic carbocycles. The van der Waals surface area contributed by atoms with E-state index < -0.39 is 12.2 Å². The molecule has 0 bridgehead atoms. The van der Waals surface area contributed by atoms with Gasteiger partial charge in [0.05, 0.1) is 12.2 Å². The zero-order valence-corrected chi connectivity index (χ0v) is 13.7. The second-order valence-corrected chi connectivity index (χ2v) is 8.65. The number of hydrogen-bond donors (Lipinski definition) is 2. The van der Waals surface area contributed by atoms with Crippen LogP contribution in [0.15, 0.2) is 11.6 Å². The van der Waals surface area contributed by atoms with Gasteiger partial charge in [-0.1, -0.05) is 25.5 Å². The highest BCUT2D eigenvalue weighted by Gasteiger charge is 2.60. The third kappa shape index (κ3) is 1.73. The van der Waals surface area contributed by atoms with Crippen molar-refractivity contribution < 1.29 is 15.0 Å². The predicted octanol–water partition coefficient (Wildman–Crippen LogP) is 2.85. The third-order valence-electron chi connectivity index (χ3n) is 7.89. The summed E-state index contributed by atoms with van der Waals surface area (Å²) < 4.78 is 0. The molecule has 22 heavy (non-hydrogen) atoms. The summed E-state index contributed by atoms with van der Waals surface area (Å²) in [5.41, 5.74) is 0.977. The standard InChI is InChI=1S/C19H28O3/c1-18-8-7-15-13(14(18)5-6-16(18)21)4-3-11-9-12(20)10-17(22)19(11,15)2/h3,12-15,17,20,22H,4-10H2,1-2H3/t12-,13?,14?,15?,17+,18+,19+/m1/s1. The number of aliphatic hydroxyl groups excluding tert-OH is 2. The number of carbonyl (C=O) groups excluding carboxylic acids is 1. The number of fused-ring (bicyclic) bond motifs is 5. The lowest BCUT2D eigenvalue weighted by Crippen LogP contribution is -2.55. The van der Waals surface area contributed by atoms with Crippen molar-refractivity contribution in [1.82, 2.24) is 0 Å². The maximum Gasteiger partial charge on any atom is 0.139 e. The number of hydrogen-bond acceptors (Lipinski definition) is 3. The lowest BCUT2D eigenvalue weighted by Gasteiger charge is -2.58. The van der Waals surface area contributed by atoms with Gasteiger partial charge in [0.15, 0.2) is 0 Å². The maximum atomic E-state index is 12.4. The normalized spacial score (nSPS) is 54.3. The molecule has 3 saturated carbocycles. The number of aliphatic hydroxyl groups is 2. The molecule has 3 fully saturated rings. The fraction of sp³-hybridized carbons (Fsp3) is 0.842. The van der Waals surface area contributed by atoms with Crippen LogP contribution in [0.3, 0.4) is 0 Å². The Morgan fingerprint density at radius 1 is 1.18 bits per heavy atom. The van der Waals surface area contributed by atoms with Gasteiger partial charge in [-0.3, -0.25) is 4.79 Å². The molecule has 3 heteroatoms. The molecule has 4 aliphatic rings. The van der Waals surface area contributed by atoms with Crippen molar-refractivity contribution in [3.63, 3.8) is 0 Å². The van der Waals surface area contributed by atoms with Crippen LogP contribution in [-0.4, -0.2) is 28.2 Å². The molecule has 0 saturated heterocycles. The van der Waals surface area contributed by atoms with E-state index in [1.165, 1.54) is 5.57 Å². The topological polar surface area (TPSA) is 57.5 Å². The highest BCUT2D eigenvalue weighted by Crippen LogP contribution is 2.63. The highest BCUT2D eigenvalue weighted by atomic mass is 16.3. The first-order chi connectivity index (χ1) is 10.4. The molecular weight excluding hydrogens is 276 g/mol. The van der Waals surface area contributed by atoms with Crippen LogP contribution in [0.25, 0.3) is 0 Å². The molecule has 0 spiro atoms. The summed E-state index contributed by atoms with van der Waals surface area (Å²) in [5, 5.41) is 20.8. The van der Waals surface area contributed by atoms with Crippen molar-refractivity contribution in [2.45, 2.75) is 71.0 Å². The van der Waals surface area contributed by atoms with Crippen molar-refractivity contribution in [2.24, 2.45) is 28.6 Å². The molecule has 0 aromatic heterocycles. The first-order valence-corrected chi connectivity index (χ1v) is 8.96. The Bertz CT molecular complexity index is 539. The Morgan fingerprint density at radius 3 is 2.73 bits per heavy atom. The highest BCUT2D eigenvalue weighted by molar-refractivity contribution is 5.87. The van der Waals surface area contributed by atoms with Crippen LogP contribution in [0.2, 0.25) is 0 Å². The van der Waals surface area contributed by atoms with Gasteiger partial charge < -0.3 is 10.2 Å². The summed E-state index contributed by atoms with van der Waals surface area (Å²) in [6.07, 6.45) is 7.51.